The Labute approximate surface area is 135 Å². The van der Waals surface area contributed by atoms with Crippen LogP contribution in [0.1, 0.15) is 0 Å². The van der Waals surface area contributed by atoms with E-state index in [1.165, 1.54) is 42.5 Å². The number of non-ortho nitro benzene ring substituents is 1. The van der Waals surface area contributed by atoms with Gasteiger partial charge in [0.15, 0.2) is 6.61 Å². The summed E-state index contributed by atoms with van der Waals surface area (Å²) >= 11 is 0. The molecule has 7 nitrogen and oxygen atoms in total. The molecule has 0 aliphatic rings. The summed E-state index contributed by atoms with van der Waals surface area (Å²) in [5.41, 5.74) is -0.0278. The molecule has 0 saturated carbocycles. The van der Waals surface area contributed by atoms with Crippen molar-refractivity contribution in [3.63, 3.8) is 0 Å². The summed E-state index contributed by atoms with van der Waals surface area (Å²) in [6.07, 6.45) is 0. The van der Waals surface area contributed by atoms with Gasteiger partial charge in [-0.1, -0.05) is 12.1 Å². The third kappa shape index (κ3) is 4.90. The first-order chi connectivity index (χ1) is 11.5. The normalized spacial score (nSPS) is 10.3. The summed E-state index contributed by atoms with van der Waals surface area (Å²) in [6.45, 7) is -3.42. The maximum atomic E-state index is 12.3. The summed E-state index contributed by atoms with van der Waals surface area (Å²) in [5.74, 6) is -0.511. The van der Waals surface area contributed by atoms with Crippen LogP contribution in [0.5, 0.6) is 11.5 Å². The first-order valence-corrected chi connectivity index (χ1v) is 6.66. The number of amides is 1. The van der Waals surface area contributed by atoms with Crippen LogP contribution in [0, 0.1) is 10.1 Å². The van der Waals surface area contributed by atoms with Gasteiger partial charge < -0.3 is 14.8 Å². The number of nitrogens with one attached hydrogen (secondary N) is 1. The van der Waals surface area contributed by atoms with Crippen molar-refractivity contribution >= 4 is 17.3 Å². The molecule has 2 aromatic rings. The standard InChI is InChI=1S/C15H12F2N2O5/c16-15(17)24-13-4-2-1-3-12(13)18-14(20)9-23-11-7-5-10(6-8-11)19(21)22/h1-8,15H,9H2,(H,18,20). The van der Waals surface area contributed by atoms with Gasteiger partial charge in [-0.25, -0.2) is 0 Å². The SMILES string of the molecule is O=C(COc1ccc([N+](=O)[O-])cc1)Nc1ccccc1OC(F)F. The van der Waals surface area contributed by atoms with E-state index < -0.39 is 24.0 Å². The van der Waals surface area contributed by atoms with Gasteiger partial charge in [-0.05, 0) is 24.3 Å². The van der Waals surface area contributed by atoms with Crippen LogP contribution in [0.2, 0.25) is 0 Å². The van der Waals surface area contributed by atoms with Gasteiger partial charge in [-0.3, -0.25) is 14.9 Å². The zero-order valence-corrected chi connectivity index (χ0v) is 12.1. The number of carbonyl (C=O) groups is 1. The van der Waals surface area contributed by atoms with Crippen molar-refractivity contribution in [1.82, 2.24) is 0 Å². The molecule has 0 heterocycles. The number of hydrogen-bond donors (Lipinski definition) is 1. The molecule has 126 valence electrons. The van der Waals surface area contributed by atoms with E-state index in [1.807, 2.05) is 0 Å². The Hall–Kier alpha value is -3.23. The second-order valence-corrected chi connectivity index (χ2v) is 4.46. The number of nitro benzene ring substituents is 1. The number of alkyl halides is 2. The lowest BCUT2D eigenvalue weighted by Gasteiger charge is -2.12. The predicted octanol–water partition coefficient (Wildman–Crippen LogP) is 3.21. The van der Waals surface area contributed by atoms with Crippen LogP contribution in [0.25, 0.3) is 0 Å². The van der Waals surface area contributed by atoms with Crippen LogP contribution in [0.3, 0.4) is 0 Å². The fourth-order valence-corrected chi connectivity index (χ4v) is 1.77. The van der Waals surface area contributed by atoms with Gasteiger partial charge in [-0.15, -0.1) is 0 Å². The largest absolute Gasteiger partial charge is 0.484 e. The molecule has 1 N–H and O–H groups in total. The number of anilines is 1. The number of carbonyl (C=O) groups excluding carboxylic acids is 1. The molecule has 0 aliphatic carbocycles. The molecule has 2 rings (SSSR count). The zero-order valence-electron chi connectivity index (χ0n) is 12.1. The second kappa shape index (κ2) is 7.86. The smallest absolute Gasteiger partial charge is 0.387 e. The Bertz CT molecular complexity index is 722. The quantitative estimate of drug-likeness (QED) is 0.618. The van der Waals surface area contributed by atoms with E-state index in [2.05, 4.69) is 10.1 Å². The monoisotopic (exact) mass is 338 g/mol. The minimum Gasteiger partial charge on any atom is -0.484 e. The summed E-state index contributed by atoms with van der Waals surface area (Å²) < 4.78 is 34.0. The Morgan fingerprint density at radius 1 is 1.17 bits per heavy atom. The first-order valence-electron chi connectivity index (χ1n) is 6.66. The highest BCUT2D eigenvalue weighted by Gasteiger charge is 2.12. The fourth-order valence-electron chi connectivity index (χ4n) is 1.77. The highest BCUT2D eigenvalue weighted by Crippen LogP contribution is 2.25. The van der Waals surface area contributed by atoms with E-state index >= 15 is 0 Å². The molecule has 9 heteroatoms. The maximum absolute atomic E-state index is 12.3. The minimum atomic E-state index is -3.01. The highest BCUT2D eigenvalue weighted by atomic mass is 19.3. The number of ether oxygens (including phenoxy) is 2. The van der Waals surface area contributed by atoms with Gasteiger partial charge in [0.05, 0.1) is 10.6 Å². The van der Waals surface area contributed by atoms with E-state index in [9.17, 15) is 23.7 Å². The number of halogens is 2. The van der Waals surface area contributed by atoms with Crippen LogP contribution in [-0.4, -0.2) is 24.0 Å². The summed E-state index contributed by atoms with van der Waals surface area (Å²) in [4.78, 5) is 21.8. The van der Waals surface area contributed by atoms with E-state index in [1.54, 1.807) is 6.07 Å². The number of nitrogens with zero attached hydrogens (tertiary/aromatic N) is 1. The molecule has 0 aromatic heterocycles. The third-order valence-corrected chi connectivity index (χ3v) is 2.79. The lowest BCUT2D eigenvalue weighted by Crippen LogP contribution is -2.20. The fraction of sp³-hybridized carbons (Fsp3) is 0.133. The molecule has 0 radical (unpaired) electrons. The van der Waals surface area contributed by atoms with Crippen LogP contribution in [0.4, 0.5) is 20.2 Å². The number of benzene rings is 2. The first kappa shape index (κ1) is 17.1. The van der Waals surface area contributed by atoms with Crippen molar-refractivity contribution in [2.24, 2.45) is 0 Å². The van der Waals surface area contributed by atoms with Gasteiger partial charge >= 0.3 is 6.61 Å². The molecule has 1 amide bonds. The molecule has 0 saturated heterocycles. The van der Waals surface area contributed by atoms with E-state index in [0.29, 0.717) is 0 Å². The summed E-state index contributed by atoms with van der Waals surface area (Å²) in [7, 11) is 0. The van der Waals surface area contributed by atoms with Gasteiger partial charge in [0.2, 0.25) is 0 Å². The van der Waals surface area contributed by atoms with Gasteiger partial charge in [-0.2, -0.15) is 8.78 Å². The Balaban J connectivity index is 1.93. The van der Waals surface area contributed by atoms with Crippen molar-refractivity contribution < 1.29 is 28.0 Å². The molecular formula is C15H12F2N2O5. The van der Waals surface area contributed by atoms with E-state index in [4.69, 9.17) is 4.74 Å². The van der Waals surface area contributed by atoms with Gasteiger partial charge in [0.25, 0.3) is 11.6 Å². The number of nitro groups is 1. The van der Waals surface area contributed by atoms with E-state index in [-0.39, 0.29) is 22.9 Å². The molecule has 0 atom stereocenters. The van der Waals surface area contributed by atoms with Crippen molar-refractivity contribution in [3.05, 3.63) is 58.6 Å². The Morgan fingerprint density at radius 2 is 1.83 bits per heavy atom. The summed E-state index contributed by atoms with van der Waals surface area (Å²) in [6, 6.07) is 10.9. The molecule has 2 aromatic carbocycles. The Kier molecular flexibility index (Phi) is 5.61. The Morgan fingerprint density at radius 3 is 2.46 bits per heavy atom. The van der Waals surface area contributed by atoms with Gasteiger partial charge in [0, 0.05) is 12.1 Å². The van der Waals surface area contributed by atoms with Gasteiger partial charge in [0.1, 0.15) is 11.5 Å². The predicted molar refractivity (Wildman–Crippen MR) is 80.3 cm³/mol. The molecule has 0 fully saturated rings. The lowest BCUT2D eigenvalue weighted by atomic mass is 10.3. The highest BCUT2D eigenvalue weighted by molar-refractivity contribution is 5.93. The van der Waals surface area contributed by atoms with Crippen LogP contribution in [0.15, 0.2) is 48.5 Å². The minimum absolute atomic E-state index is 0.0788. The molecule has 0 unspecified atom stereocenters. The topological polar surface area (TPSA) is 90.7 Å². The van der Waals surface area contributed by atoms with Crippen molar-refractivity contribution in [2.75, 3.05) is 11.9 Å². The third-order valence-electron chi connectivity index (χ3n) is 2.79. The van der Waals surface area contributed by atoms with Crippen LogP contribution >= 0.6 is 0 Å². The van der Waals surface area contributed by atoms with Crippen molar-refractivity contribution in [1.29, 1.82) is 0 Å². The average molecular weight is 338 g/mol. The molecule has 24 heavy (non-hydrogen) atoms. The number of hydrogen-bond acceptors (Lipinski definition) is 5. The maximum Gasteiger partial charge on any atom is 0.387 e. The number of para-hydroxylation sites is 2. The number of rotatable bonds is 7. The zero-order chi connectivity index (χ0) is 17.5. The van der Waals surface area contributed by atoms with E-state index in [0.717, 1.165) is 0 Å². The lowest BCUT2D eigenvalue weighted by molar-refractivity contribution is -0.384. The van der Waals surface area contributed by atoms with Crippen molar-refractivity contribution in [2.45, 2.75) is 6.61 Å². The molecular weight excluding hydrogens is 326 g/mol. The van der Waals surface area contributed by atoms with Crippen LogP contribution in [-0.2, 0) is 4.79 Å². The molecule has 0 aliphatic heterocycles. The van der Waals surface area contributed by atoms with Crippen molar-refractivity contribution in [3.8, 4) is 11.5 Å². The molecule has 0 bridgehead atoms. The van der Waals surface area contributed by atoms with Crippen LogP contribution < -0.4 is 14.8 Å². The second-order valence-electron chi connectivity index (χ2n) is 4.46. The molecule has 0 spiro atoms. The summed E-state index contributed by atoms with van der Waals surface area (Å²) in [5, 5.41) is 12.9. The average Bonchev–Trinajstić information content (AvgIpc) is 2.54.